The maximum Gasteiger partial charge on any atom is 0.229 e. The molecule has 1 aromatic rings. The number of carbonyl (C=O) groups excluding carboxylic acids is 2. The fraction of sp³-hybridized carbons (Fsp3) is 0.636. The van der Waals surface area contributed by atoms with Gasteiger partial charge < -0.3 is 9.64 Å². The van der Waals surface area contributed by atoms with Gasteiger partial charge in [-0.2, -0.15) is 0 Å². The number of piperazine rings is 1. The van der Waals surface area contributed by atoms with Crippen molar-refractivity contribution in [3.8, 4) is 5.75 Å². The van der Waals surface area contributed by atoms with Gasteiger partial charge in [0, 0.05) is 45.6 Å². The van der Waals surface area contributed by atoms with E-state index in [2.05, 4.69) is 21.9 Å². The summed E-state index contributed by atoms with van der Waals surface area (Å²) >= 11 is 0. The molecule has 0 atom stereocenters. The molecule has 28 heavy (non-hydrogen) atoms. The zero-order chi connectivity index (χ0) is 20.1. The van der Waals surface area contributed by atoms with Crippen molar-refractivity contribution in [3.05, 3.63) is 24.3 Å². The molecule has 1 aromatic carbocycles. The van der Waals surface area contributed by atoms with E-state index in [1.165, 1.54) is 4.90 Å². The van der Waals surface area contributed by atoms with Crippen LogP contribution < -0.4 is 9.64 Å². The van der Waals surface area contributed by atoms with Gasteiger partial charge in [0.1, 0.15) is 5.75 Å². The zero-order valence-corrected chi connectivity index (χ0v) is 17.4. The SMILES string of the molecule is COc1ccccc1N1CCN(CCCCN2C(=O)CC(C)(C)CC2=O)CC1. The third kappa shape index (κ3) is 5.04. The Morgan fingerprint density at radius 1 is 0.929 bits per heavy atom. The molecule has 3 rings (SSSR count). The van der Waals surface area contributed by atoms with E-state index in [-0.39, 0.29) is 17.2 Å². The fourth-order valence-corrected chi connectivity index (χ4v) is 4.17. The first-order chi connectivity index (χ1) is 13.4. The summed E-state index contributed by atoms with van der Waals surface area (Å²) in [4.78, 5) is 30.8. The number of rotatable bonds is 7. The van der Waals surface area contributed by atoms with Crippen LogP contribution >= 0.6 is 0 Å². The van der Waals surface area contributed by atoms with Gasteiger partial charge in [-0.3, -0.25) is 19.4 Å². The van der Waals surface area contributed by atoms with Crippen molar-refractivity contribution in [1.82, 2.24) is 9.80 Å². The van der Waals surface area contributed by atoms with Crippen LogP contribution in [0.1, 0.15) is 39.5 Å². The zero-order valence-electron chi connectivity index (χ0n) is 17.4. The summed E-state index contributed by atoms with van der Waals surface area (Å²) in [6.45, 7) is 9.57. The molecule has 6 nitrogen and oxygen atoms in total. The number of likely N-dealkylation sites (tertiary alicyclic amines) is 1. The first kappa shape index (κ1) is 20.6. The Bertz CT molecular complexity index is 676. The number of hydrogen-bond donors (Lipinski definition) is 0. The van der Waals surface area contributed by atoms with Crippen molar-refractivity contribution in [2.45, 2.75) is 39.5 Å². The number of imide groups is 1. The number of piperidine rings is 1. The third-order valence-corrected chi connectivity index (χ3v) is 5.77. The molecule has 0 radical (unpaired) electrons. The van der Waals surface area contributed by atoms with Crippen LogP contribution in [0.5, 0.6) is 5.75 Å². The Hall–Kier alpha value is -2.08. The Kier molecular flexibility index (Phi) is 6.60. The van der Waals surface area contributed by atoms with E-state index in [9.17, 15) is 9.59 Å². The Balaban J connectivity index is 1.38. The number of ether oxygens (including phenoxy) is 1. The molecule has 2 fully saturated rings. The van der Waals surface area contributed by atoms with Crippen LogP contribution in [-0.2, 0) is 9.59 Å². The van der Waals surface area contributed by atoms with Gasteiger partial charge in [-0.1, -0.05) is 26.0 Å². The van der Waals surface area contributed by atoms with Crippen LogP contribution in [0.4, 0.5) is 5.69 Å². The standard InChI is InChI=1S/C22H33N3O3/c1-22(2)16-20(26)25(21(27)17-22)11-7-6-10-23-12-14-24(15-13-23)18-8-4-5-9-19(18)28-3/h4-5,8-9H,6-7,10-17H2,1-3H3. The van der Waals surface area contributed by atoms with Gasteiger partial charge in [-0.15, -0.1) is 0 Å². The summed E-state index contributed by atoms with van der Waals surface area (Å²) in [5, 5.41) is 0. The van der Waals surface area contributed by atoms with Gasteiger partial charge in [0.2, 0.25) is 11.8 Å². The second-order valence-electron chi connectivity index (χ2n) is 8.66. The summed E-state index contributed by atoms with van der Waals surface area (Å²) in [6, 6.07) is 8.17. The van der Waals surface area contributed by atoms with E-state index < -0.39 is 0 Å². The van der Waals surface area contributed by atoms with Crippen molar-refractivity contribution >= 4 is 17.5 Å². The van der Waals surface area contributed by atoms with Gasteiger partial charge in [0.25, 0.3) is 0 Å². The smallest absolute Gasteiger partial charge is 0.229 e. The molecule has 2 aliphatic heterocycles. The number of benzene rings is 1. The molecule has 0 aromatic heterocycles. The number of amides is 2. The van der Waals surface area contributed by atoms with E-state index in [0.717, 1.165) is 57.0 Å². The summed E-state index contributed by atoms with van der Waals surface area (Å²) in [5.41, 5.74) is 0.973. The van der Waals surface area contributed by atoms with Crippen LogP contribution in [0, 0.1) is 5.41 Å². The molecule has 2 saturated heterocycles. The lowest BCUT2D eigenvalue weighted by molar-refractivity contribution is -0.152. The average Bonchev–Trinajstić information content (AvgIpc) is 2.66. The fourth-order valence-electron chi connectivity index (χ4n) is 4.17. The minimum Gasteiger partial charge on any atom is -0.495 e. The first-order valence-electron chi connectivity index (χ1n) is 10.3. The molecular formula is C22H33N3O3. The molecular weight excluding hydrogens is 354 g/mol. The average molecular weight is 388 g/mol. The second kappa shape index (κ2) is 8.95. The molecule has 0 saturated carbocycles. The highest BCUT2D eigenvalue weighted by atomic mass is 16.5. The van der Waals surface area contributed by atoms with Crippen LogP contribution in [0.25, 0.3) is 0 Å². The summed E-state index contributed by atoms with van der Waals surface area (Å²) in [6.07, 6.45) is 2.84. The molecule has 0 bridgehead atoms. The molecule has 2 heterocycles. The van der Waals surface area contributed by atoms with Gasteiger partial charge in [0.15, 0.2) is 0 Å². The second-order valence-corrected chi connectivity index (χ2v) is 8.66. The van der Waals surface area contributed by atoms with E-state index in [4.69, 9.17) is 4.74 Å². The topological polar surface area (TPSA) is 53.1 Å². The van der Waals surface area contributed by atoms with E-state index in [1.807, 2.05) is 26.0 Å². The number of hydrogen-bond acceptors (Lipinski definition) is 5. The Morgan fingerprint density at radius 2 is 1.54 bits per heavy atom. The molecule has 0 unspecified atom stereocenters. The lowest BCUT2D eigenvalue weighted by Gasteiger charge is -2.37. The van der Waals surface area contributed by atoms with Gasteiger partial charge in [-0.05, 0) is 36.9 Å². The van der Waals surface area contributed by atoms with Crippen molar-refractivity contribution in [2.24, 2.45) is 5.41 Å². The minimum absolute atomic E-state index is 0.00771. The van der Waals surface area contributed by atoms with Gasteiger partial charge in [0.05, 0.1) is 12.8 Å². The first-order valence-corrected chi connectivity index (χ1v) is 10.3. The highest BCUT2D eigenvalue weighted by Gasteiger charge is 2.36. The Morgan fingerprint density at radius 3 is 2.18 bits per heavy atom. The van der Waals surface area contributed by atoms with Crippen LogP contribution in [0.2, 0.25) is 0 Å². The highest BCUT2D eigenvalue weighted by molar-refractivity contribution is 5.98. The van der Waals surface area contributed by atoms with Crippen LogP contribution in [-0.4, -0.2) is 68.0 Å². The van der Waals surface area contributed by atoms with E-state index in [0.29, 0.717) is 19.4 Å². The van der Waals surface area contributed by atoms with Gasteiger partial charge in [-0.25, -0.2) is 0 Å². The molecule has 2 aliphatic rings. The normalized spacial score (nSPS) is 20.5. The van der Waals surface area contributed by atoms with Crippen molar-refractivity contribution < 1.29 is 14.3 Å². The molecule has 0 spiro atoms. The lowest BCUT2D eigenvalue weighted by Crippen LogP contribution is -2.47. The minimum atomic E-state index is -0.189. The number of anilines is 1. The van der Waals surface area contributed by atoms with Crippen molar-refractivity contribution in [2.75, 3.05) is 51.3 Å². The largest absolute Gasteiger partial charge is 0.495 e. The number of methoxy groups -OCH3 is 1. The van der Waals surface area contributed by atoms with Crippen LogP contribution in [0.15, 0.2) is 24.3 Å². The third-order valence-electron chi connectivity index (χ3n) is 5.77. The highest BCUT2D eigenvalue weighted by Crippen LogP contribution is 2.31. The maximum atomic E-state index is 12.2. The summed E-state index contributed by atoms with van der Waals surface area (Å²) in [5.74, 6) is 0.910. The molecule has 2 amide bonds. The molecule has 6 heteroatoms. The number of carbonyl (C=O) groups is 2. The number of unbranched alkanes of at least 4 members (excludes halogenated alkanes) is 1. The van der Waals surface area contributed by atoms with Crippen molar-refractivity contribution in [1.29, 1.82) is 0 Å². The summed E-state index contributed by atoms with van der Waals surface area (Å²) in [7, 11) is 1.72. The molecule has 154 valence electrons. The predicted molar refractivity (Wildman–Crippen MR) is 111 cm³/mol. The summed E-state index contributed by atoms with van der Waals surface area (Å²) < 4.78 is 5.48. The molecule has 0 N–H and O–H groups in total. The van der Waals surface area contributed by atoms with E-state index in [1.54, 1.807) is 7.11 Å². The Labute approximate surface area is 168 Å². The monoisotopic (exact) mass is 387 g/mol. The predicted octanol–water partition coefficient (Wildman–Crippen LogP) is 2.77. The number of para-hydroxylation sites is 2. The maximum absolute atomic E-state index is 12.2. The van der Waals surface area contributed by atoms with Crippen molar-refractivity contribution in [3.63, 3.8) is 0 Å². The number of nitrogens with zero attached hydrogens (tertiary/aromatic N) is 3. The quantitative estimate of drug-likeness (QED) is 0.532. The van der Waals surface area contributed by atoms with E-state index >= 15 is 0 Å². The molecule has 0 aliphatic carbocycles. The van der Waals surface area contributed by atoms with Gasteiger partial charge >= 0.3 is 0 Å². The lowest BCUT2D eigenvalue weighted by atomic mass is 9.82. The van der Waals surface area contributed by atoms with Crippen LogP contribution in [0.3, 0.4) is 0 Å².